The number of piperidine rings is 1. The molecule has 5 heteroatoms. The highest BCUT2D eigenvalue weighted by Gasteiger charge is 2.35. The van der Waals surface area contributed by atoms with Crippen molar-refractivity contribution in [3.63, 3.8) is 0 Å². The van der Waals surface area contributed by atoms with Crippen molar-refractivity contribution >= 4 is 6.03 Å². The number of carbonyl (C=O) groups excluding carboxylic acids is 1. The van der Waals surface area contributed by atoms with E-state index >= 15 is 0 Å². The zero-order valence-corrected chi connectivity index (χ0v) is 10.5. The lowest BCUT2D eigenvalue weighted by atomic mass is 10.0. The number of rotatable bonds is 3. The molecule has 0 unspecified atom stereocenters. The molecule has 0 aliphatic carbocycles. The minimum Gasteiger partial charge on any atom is -0.348 e. The number of likely N-dealkylation sites (tertiary alicyclic amines) is 1. The van der Waals surface area contributed by atoms with Gasteiger partial charge in [-0.05, 0) is 25.7 Å². The third kappa shape index (κ3) is 3.10. The van der Waals surface area contributed by atoms with E-state index in [0.717, 1.165) is 38.8 Å². The average molecular weight is 242 g/mol. The summed E-state index contributed by atoms with van der Waals surface area (Å²) in [5.74, 6) is 0. The second-order valence-corrected chi connectivity index (χ2v) is 4.60. The van der Waals surface area contributed by atoms with Crippen LogP contribution in [0.2, 0.25) is 0 Å². The molecule has 2 fully saturated rings. The van der Waals surface area contributed by atoms with Gasteiger partial charge in [-0.1, -0.05) is 6.92 Å². The molecule has 17 heavy (non-hydrogen) atoms. The van der Waals surface area contributed by atoms with Gasteiger partial charge in [-0.3, -0.25) is 0 Å². The lowest BCUT2D eigenvalue weighted by Gasteiger charge is -2.37. The van der Waals surface area contributed by atoms with E-state index in [9.17, 15) is 4.79 Å². The van der Waals surface area contributed by atoms with Crippen molar-refractivity contribution in [2.45, 2.75) is 44.9 Å². The van der Waals surface area contributed by atoms with Gasteiger partial charge in [0.1, 0.15) is 0 Å². The smallest absolute Gasteiger partial charge is 0.317 e. The Morgan fingerprint density at radius 3 is 2.82 bits per heavy atom. The first-order valence-electron chi connectivity index (χ1n) is 6.60. The SMILES string of the molecule is CCCNC(=O)N1CCCC[C@@H]1C1OCCO1. The zero-order valence-electron chi connectivity index (χ0n) is 10.5. The Hall–Kier alpha value is -0.810. The summed E-state index contributed by atoms with van der Waals surface area (Å²) in [5.41, 5.74) is 0. The maximum absolute atomic E-state index is 12.0. The summed E-state index contributed by atoms with van der Waals surface area (Å²) in [6.45, 7) is 4.88. The molecule has 2 amide bonds. The van der Waals surface area contributed by atoms with Gasteiger partial charge in [-0.2, -0.15) is 0 Å². The number of carbonyl (C=O) groups is 1. The molecule has 2 saturated heterocycles. The van der Waals surface area contributed by atoms with Crippen LogP contribution in [-0.2, 0) is 9.47 Å². The molecule has 0 spiro atoms. The molecule has 98 valence electrons. The highest BCUT2D eigenvalue weighted by molar-refractivity contribution is 5.74. The van der Waals surface area contributed by atoms with E-state index in [-0.39, 0.29) is 18.4 Å². The molecule has 0 aromatic heterocycles. The van der Waals surface area contributed by atoms with Crippen molar-refractivity contribution < 1.29 is 14.3 Å². The van der Waals surface area contributed by atoms with Gasteiger partial charge < -0.3 is 19.7 Å². The summed E-state index contributed by atoms with van der Waals surface area (Å²) in [6.07, 6.45) is 3.93. The molecular weight excluding hydrogens is 220 g/mol. The van der Waals surface area contributed by atoms with Crippen LogP contribution in [0.25, 0.3) is 0 Å². The molecule has 0 saturated carbocycles. The number of nitrogens with zero attached hydrogens (tertiary/aromatic N) is 1. The molecule has 1 N–H and O–H groups in total. The fourth-order valence-corrected chi connectivity index (χ4v) is 2.42. The molecule has 2 heterocycles. The Morgan fingerprint density at radius 2 is 2.12 bits per heavy atom. The van der Waals surface area contributed by atoms with E-state index in [1.165, 1.54) is 0 Å². The van der Waals surface area contributed by atoms with Crippen LogP contribution >= 0.6 is 0 Å². The van der Waals surface area contributed by atoms with Crippen LogP contribution in [0.1, 0.15) is 32.6 Å². The normalized spacial score (nSPS) is 26.2. The molecule has 0 bridgehead atoms. The van der Waals surface area contributed by atoms with Gasteiger partial charge in [0, 0.05) is 13.1 Å². The van der Waals surface area contributed by atoms with Crippen LogP contribution in [0.3, 0.4) is 0 Å². The fourth-order valence-electron chi connectivity index (χ4n) is 2.42. The minimum atomic E-state index is -0.220. The van der Waals surface area contributed by atoms with E-state index in [4.69, 9.17) is 9.47 Å². The van der Waals surface area contributed by atoms with Crippen LogP contribution in [0.5, 0.6) is 0 Å². The topological polar surface area (TPSA) is 50.8 Å². The summed E-state index contributed by atoms with van der Waals surface area (Å²) < 4.78 is 11.1. The van der Waals surface area contributed by atoms with Crippen molar-refractivity contribution in [3.8, 4) is 0 Å². The number of hydrogen-bond acceptors (Lipinski definition) is 3. The van der Waals surface area contributed by atoms with Gasteiger partial charge in [0.2, 0.25) is 0 Å². The molecule has 0 radical (unpaired) electrons. The average Bonchev–Trinajstić information content (AvgIpc) is 2.89. The van der Waals surface area contributed by atoms with Crippen molar-refractivity contribution in [1.82, 2.24) is 10.2 Å². The van der Waals surface area contributed by atoms with E-state index in [1.807, 2.05) is 4.90 Å². The minimum absolute atomic E-state index is 0.0238. The molecule has 2 aliphatic rings. The molecule has 0 aromatic rings. The summed E-state index contributed by atoms with van der Waals surface area (Å²) in [5, 5.41) is 2.93. The maximum Gasteiger partial charge on any atom is 0.317 e. The number of hydrogen-bond donors (Lipinski definition) is 1. The summed E-state index contributed by atoms with van der Waals surface area (Å²) in [4.78, 5) is 13.9. The maximum atomic E-state index is 12.0. The summed E-state index contributed by atoms with van der Waals surface area (Å²) in [7, 11) is 0. The quantitative estimate of drug-likeness (QED) is 0.812. The lowest BCUT2D eigenvalue weighted by Crippen LogP contribution is -2.53. The van der Waals surface area contributed by atoms with E-state index in [2.05, 4.69) is 12.2 Å². The Labute approximate surface area is 102 Å². The third-order valence-electron chi connectivity index (χ3n) is 3.30. The highest BCUT2D eigenvalue weighted by Crippen LogP contribution is 2.24. The Kier molecular flexibility index (Phi) is 4.62. The van der Waals surface area contributed by atoms with Crippen LogP contribution in [0.4, 0.5) is 4.79 Å². The second-order valence-electron chi connectivity index (χ2n) is 4.60. The first kappa shape index (κ1) is 12.6. The van der Waals surface area contributed by atoms with Crippen LogP contribution in [0, 0.1) is 0 Å². The van der Waals surface area contributed by atoms with E-state index < -0.39 is 0 Å². The summed E-state index contributed by atoms with van der Waals surface area (Å²) in [6, 6.07) is 0.110. The predicted octanol–water partition coefficient (Wildman–Crippen LogP) is 1.33. The fraction of sp³-hybridized carbons (Fsp3) is 0.917. The Balaban J connectivity index is 1.93. The van der Waals surface area contributed by atoms with Crippen molar-refractivity contribution in [2.75, 3.05) is 26.3 Å². The van der Waals surface area contributed by atoms with Gasteiger partial charge in [-0.25, -0.2) is 4.79 Å². The summed E-state index contributed by atoms with van der Waals surface area (Å²) >= 11 is 0. The molecule has 1 atom stereocenters. The van der Waals surface area contributed by atoms with Crippen molar-refractivity contribution in [1.29, 1.82) is 0 Å². The number of amides is 2. The van der Waals surface area contributed by atoms with Crippen LogP contribution in [0.15, 0.2) is 0 Å². The largest absolute Gasteiger partial charge is 0.348 e. The van der Waals surface area contributed by atoms with E-state index in [1.54, 1.807) is 0 Å². The van der Waals surface area contributed by atoms with Crippen LogP contribution in [-0.4, -0.2) is 49.6 Å². The van der Waals surface area contributed by atoms with Gasteiger partial charge >= 0.3 is 6.03 Å². The second kappa shape index (κ2) is 6.21. The molecular formula is C12H22N2O3. The number of nitrogens with one attached hydrogen (secondary N) is 1. The van der Waals surface area contributed by atoms with Gasteiger partial charge in [-0.15, -0.1) is 0 Å². The first-order chi connectivity index (χ1) is 8.33. The standard InChI is InChI=1S/C12H22N2O3/c1-2-6-13-12(15)14-7-4-3-5-10(14)11-16-8-9-17-11/h10-11H,2-9H2,1H3,(H,13,15)/t10-/m1/s1. The third-order valence-corrected chi connectivity index (χ3v) is 3.30. The van der Waals surface area contributed by atoms with Gasteiger partial charge in [0.15, 0.2) is 6.29 Å². The molecule has 2 rings (SSSR count). The molecule has 5 nitrogen and oxygen atoms in total. The monoisotopic (exact) mass is 242 g/mol. The van der Waals surface area contributed by atoms with Gasteiger partial charge in [0.05, 0.1) is 19.3 Å². The first-order valence-corrected chi connectivity index (χ1v) is 6.60. The molecule has 0 aromatic carbocycles. The predicted molar refractivity (Wildman–Crippen MR) is 63.7 cm³/mol. The van der Waals surface area contributed by atoms with Crippen LogP contribution < -0.4 is 5.32 Å². The number of urea groups is 1. The highest BCUT2D eigenvalue weighted by atomic mass is 16.7. The molecule has 2 aliphatic heterocycles. The van der Waals surface area contributed by atoms with Gasteiger partial charge in [0.25, 0.3) is 0 Å². The van der Waals surface area contributed by atoms with Crippen molar-refractivity contribution in [2.24, 2.45) is 0 Å². The Bertz CT molecular complexity index is 254. The van der Waals surface area contributed by atoms with E-state index in [0.29, 0.717) is 13.2 Å². The number of ether oxygens (including phenoxy) is 2. The lowest BCUT2D eigenvalue weighted by molar-refractivity contribution is -0.0982. The Morgan fingerprint density at radius 1 is 1.35 bits per heavy atom. The zero-order chi connectivity index (χ0) is 12.1. The van der Waals surface area contributed by atoms with Crippen molar-refractivity contribution in [3.05, 3.63) is 0 Å².